The molecule has 0 unspecified atom stereocenters. The van der Waals surface area contributed by atoms with Gasteiger partial charge in [0.1, 0.15) is 0 Å². The zero-order chi connectivity index (χ0) is 12.6. The maximum atomic E-state index is 3.25. The van der Waals surface area contributed by atoms with Crippen molar-refractivity contribution in [2.24, 2.45) is 0 Å². The molecule has 0 fully saturated rings. The Morgan fingerprint density at radius 1 is 0.765 bits per heavy atom. The van der Waals surface area contributed by atoms with E-state index in [0.717, 1.165) is 19.3 Å². The van der Waals surface area contributed by atoms with Crippen LogP contribution in [0.1, 0.15) is 65.2 Å². The maximum Gasteiger partial charge on any atom is -0.00929 e. The summed E-state index contributed by atoms with van der Waals surface area (Å²) in [6, 6.07) is 0. The SMILES string of the molecule is CC/C=C/C/C=C/CC=C=CCCCCCC. The fourth-order valence-corrected chi connectivity index (χ4v) is 1.51. The topological polar surface area (TPSA) is 0 Å². The number of rotatable bonds is 10. The zero-order valence-electron chi connectivity index (χ0n) is 11.6. The Balaban J connectivity index is 3.39. The average molecular weight is 232 g/mol. The van der Waals surface area contributed by atoms with Crippen LogP contribution < -0.4 is 0 Å². The fourth-order valence-electron chi connectivity index (χ4n) is 1.51. The minimum absolute atomic E-state index is 1.01. The van der Waals surface area contributed by atoms with Crippen LogP contribution in [0.25, 0.3) is 0 Å². The highest BCUT2D eigenvalue weighted by atomic mass is 13.9. The van der Waals surface area contributed by atoms with Gasteiger partial charge in [-0.2, -0.15) is 0 Å². The third-order valence-corrected chi connectivity index (χ3v) is 2.53. The van der Waals surface area contributed by atoms with Crippen molar-refractivity contribution in [1.29, 1.82) is 0 Å². The van der Waals surface area contributed by atoms with Gasteiger partial charge in [-0.15, -0.1) is 5.73 Å². The van der Waals surface area contributed by atoms with E-state index in [1.807, 2.05) is 0 Å². The molecule has 0 saturated carbocycles. The smallest absolute Gasteiger partial charge is 0.00929 e. The molecule has 0 spiro atoms. The molecular weight excluding hydrogens is 204 g/mol. The lowest BCUT2D eigenvalue weighted by Crippen LogP contribution is -1.72. The molecule has 0 radical (unpaired) electrons. The highest BCUT2D eigenvalue weighted by molar-refractivity contribution is 4.97. The van der Waals surface area contributed by atoms with E-state index in [4.69, 9.17) is 0 Å². The highest BCUT2D eigenvalue weighted by Gasteiger charge is 1.82. The van der Waals surface area contributed by atoms with Crippen LogP contribution in [-0.4, -0.2) is 0 Å². The second-order valence-electron chi connectivity index (χ2n) is 4.25. The second kappa shape index (κ2) is 15.0. The first-order valence-electron chi connectivity index (χ1n) is 7.11. The largest absolute Gasteiger partial charge is 0.129 e. The lowest BCUT2D eigenvalue weighted by atomic mass is 10.1. The van der Waals surface area contributed by atoms with E-state index in [2.05, 4.69) is 56.0 Å². The molecule has 0 N–H and O–H groups in total. The molecule has 0 aromatic carbocycles. The Bertz CT molecular complexity index is 249. The molecule has 96 valence electrons. The van der Waals surface area contributed by atoms with Crippen LogP contribution in [0.2, 0.25) is 0 Å². The van der Waals surface area contributed by atoms with Gasteiger partial charge >= 0.3 is 0 Å². The van der Waals surface area contributed by atoms with Gasteiger partial charge in [-0.3, -0.25) is 0 Å². The van der Waals surface area contributed by atoms with Crippen molar-refractivity contribution in [3.63, 3.8) is 0 Å². The molecule has 0 heterocycles. The molecule has 0 aliphatic carbocycles. The predicted octanol–water partition coefficient (Wildman–Crippen LogP) is 5.97. The standard InChI is InChI=1S/C17H28/c1-3-5-7-9-11-13-15-17-16-14-12-10-8-6-4-2/h5,7,11,13-14,17H,3-4,6,8-10,12,15H2,1-2H3/b7-5+,13-11+. The van der Waals surface area contributed by atoms with Gasteiger partial charge in [0.25, 0.3) is 0 Å². The lowest BCUT2D eigenvalue weighted by molar-refractivity contribution is 0.674. The molecule has 0 heteroatoms. The van der Waals surface area contributed by atoms with Gasteiger partial charge in [-0.05, 0) is 44.3 Å². The van der Waals surface area contributed by atoms with E-state index in [-0.39, 0.29) is 0 Å². The molecule has 0 rings (SSSR count). The van der Waals surface area contributed by atoms with Crippen LogP contribution in [0.15, 0.2) is 42.2 Å². The molecule has 0 aliphatic heterocycles. The van der Waals surface area contributed by atoms with E-state index >= 15 is 0 Å². The fraction of sp³-hybridized carbons (Fsp3) is 0.588. The molecule has 17 heavy (non-hydrogen) atoms. The highest BCUT2D eigenvalue weighted by Crippen LogP contribution is 2.02. The van der Waals surface area contributed by atoms with E-state index in [9.17, 15) is 0 Å². The summed E-state index contributed by atoms with van der Waals surface area (Å²) in [5.41, 5.74) is 3.25. The minimum Gasteiger partial charge on any atom is -0.129 e. The van der Waals surface area contributed by atoms with Crippen molar-refractivity contribution >= 4 is 0 Å². The molecule has 0 nitrogen and oxygen atoms in total. The average Bonchev–Trinajstić information content (AvgIpc) is 2.35. The van der Waals surface area contributed by atoms with Gasteiger partial charge in [-0.25, -0.2) is 0 Å². The first-order chi connectivity index (χ1) is 8.41. The van der Waals surface area contributed by atoms with Gasteiger partial charge in [-0.1, -0.05) is 57.4 Å². The van der Waals surface area contributed by atoms with Crippen molar-refractivity contribution in [3.05, 3.63) is 42.2 Å². The van der Waals surface area contributed by atoms with E-state index in [1.165, 1.54) is 32.1 Å². The third kappa shape index (κ3) is 15.0. The first kappa shape index (κ1) is 16.0. The summed E-state index contributed by atoms with van der Waals surface area (Å²) in [7, 11) is 0. The Labute approximate surface area is 108 Å². The van der Waals surface area contributed by atoms with Gasteiger partial charge in [0.15, 0.2) is 0 Å². The number of hydrogen-bond acceptors (Lipinski definition) is 0. The molecule has 0 bridgehead atoms. The summed E-state index contributed by atoms with van der Waals surface area (Å²) >= 11 is 0. The Morgan fingerprint density at radius 2 is 1.53 bits per heavy atom. The third-order valence-electron chi connectivity index (χ3n) is 2.53. The lowest BCUT2D eigenvalue weighted by Gasteiger charge is -1.92. The van der Waals surface area contributed by atoms with Crippen molar-refractivity contribution in [2.75, 3.05) is 0 Å². The van der Waals surface area contributed by atoms with Crippen molar-refractivity contribution in [2.45, 2.75) is 65.2 Å². The van der Waals surface area contributed by atoms with Crippen LogP contribution in [0.5, 0.6) is 0 Å². The first-order valence-corrected chi connectivity index (χ1v) is 7.11. The molecule has 0 saturated heterocycles. The van der Waals surface area contributed by atoms with Gasteiger partial charge in [0.2, 0.25) is 0 Å². The van der Waals surface area contributed by atoms with Gasteiger partial charge in [0.05, 0.1) is 0 Å². The van der Waals surface area contributed by atoms with Crippen LogP contribution >= 0.6 is 0 Å². The number of unbranched alkanes of at least 4 members (excludes halogenated alkanes) is 4. The van der Waals surface area contributed by atoms with Crippen molar-refractivity contribution < 1.29 is 0 Å². The molecule has 0 aromatic heterocycles. The summed E-state index contributed by atoms with van der Waals surface area (Å²) in [4.78, 5) is 0. The van der Waals surface area contributed by atoms with E-state index in [0.29, 0.717) is 0 Å². The summed E-state index contributed by atoms with van der Waals surface area (Å²) < 4.78 is 0. The maximum absolute atomic E-state index is 3.25. The number of hydrogen-bond donors (Lipinski definition) is 0. The normalized spacial score (nSPS) is 10.9. The molecular formula is C17H28. The van der Waals surface area contributed by atoms with Gasteiger partial charge in [0, 0.05) is 0 Å². The molecule has 0 amide bonds. The zero-order valence-corrected chi connectivity index (χ0v) is 11.6. The van der Waals surface area contributed by atoms with Crippen LogP contribution in [0, 0.1) is 0 Å². The van der Waals surface area contributed by atoms with Crippen molar-refractivity contribution in [1.82, 2.24) is 0 Å². The van der Waals surface area contributed by atoms with Crippen LogP contribution in [0.4, 0.5) is 0 Å². The minimum atomic E-state index is 1.01. The van der Waals surface area contributed by atoms with Crippen LogP contribution in [0.3, 0.4) is 0 Å². The quantitative estimate of drug-likeness (QED) is 0.247. The summed E-state index contributed by atoms with van der Waals surface area (Å²) in [5.74, 6) is 0. The summed E-state index contributed by atoms with van der Waals surface area (Å²) in [5, 5.41) is 0. The molecule has 0 atom stereocenters. The Hall–Kier alpha value is -1.00. The predicted molar refractivity (Wildman–Crippen MR) is 79.2 cm³/mol. The Kier molecular flexibility index (Phi) is 14.1. The van der Waals surface area contributed by atoms with Crippen molar-refractivity contribution in [3.8, 4) is 0 Å². The van der Waals surface area contributed by atoms with E-state index < -0.39 is 0 Å². The Morgan fingerprint density at radius 3 is 2.29 bits per heavy atom. The number of allylic oxidation sites excluding steroid dienone is 5. The molecule has 0 aliphatic rings. The monoisotopic (exact) mass is 232 g/mol. The second-order valence-corrected chi connectivity index (χ2v) is 4.25. The summed E-state index contributed by atoms with van der Waals surface area (Å²) in [6.07, 6.45) is 22.8. The van der Waals surface area contributed by atoms with Gasteiger partial charge < -0.3 is 0 Å². The van der Waals surface area contributed by atoms with Crippen LogP contribution in [-0.2, 0) is 0 Å². The molecule has 0 aromatic rings. The van der Waals surface area contributed by atoms with E-state index in [1.54, 1.807) is 0 Å². The summed E-state index contributed by atoms with van der Waals surface area (Å²) in [6.45, 7) is 4.41.